The van der Waals surface area contributed by atoms with E-state index in [1.165, 1.54) is 0 Å². The first-order valence-electron chi connectivity index (χ1n) is 3.89. The Bertz CT molecular complexity index is 172. The maximum atomic E-state index is 10.5. The van der Waals surface area contributed by atoms with Crippen molar-refractivity contribution in [2.24, 2.45) is 5.73 Å². The molecule has 0 saturated carbocycles. The Balaban J connectivity index is 3.61. The van der Waals surface area contributed by atoms with Crippen LogP contribution < -0.4 is 16.4 Å². The van der Waals surface area contributed by atoms with Gasteiger partial charge in [0.1, 0.15) is 0 Å². The van der Waals surface area contributed by atoms with Gasteiger partial charge < -0.3 is 16.4 Å². The topological polar surface area (TPSA) is 67.2 Å². The maximum Gasteiger partial charge on any atom is 0.219 e. The number of thiocarbonyl (C=S) groups is 1. The second-order valence-electron chi connectivity index (χ2n) is 2.58. The number of nitrogens with two attached hydrogens (primary N) is 1. The highest BCUT2D eigenvalue weighted by atomic mass is 32.1. The largest absolute Gasteiger partial charge is 0.370 e. The summed E-state index contributed by atoms with van der Waals surface area (Å²) in [6.07, 6.45) is 0.297. The number of primary amides is 1. The number of rotatable bonds is 4. The van der Waals surface area contributed by atoms with Crippen LogP contribution in [0, 0.1) is 0 Å². The van der Waals surface area contributed by atoms with E-state index in [1.54, 1.807) is 0 Å². The molecule has 1 amide bonds. The zero-order chi connectivity index (χ0) is 9.56. The van der Waals surface area contributed by atoms with Gasteiger partial charge in [0.15, 0.2) is 5.11 Å². The number of amides is 1. The van der Waals surface area contributed by atoms with Crippen molar-refractivity contribution in [3.05, 3.63) is 0 Å². The van der Waals surface area contributed by atoms with E-state index in [0.717, 1.165) is 6.54 Å². The van der Waals surface area contributed by atoms with Crippen molar-refractivity contribution >= 4 is 23.2 Å². The predicted octanol–water partition coefficient (Wildman–Crippen LogP) is -0.266. The minimum absolute atomic E-state index is 0.00551. The summed E-state index contributed by atoms with van der Waals surface area (Å²) < 4.78 is 0. The third-order valence-electron chi connectivity index (χ3n) is 1.22. The number of carbonyl (C=O) groups excluding carboxylic acids is 1. The van der Waals surface area contributed by atoms with Gasteiger partial charge in [0.05, 0.1) is 0 Å². The molecule has 12 heavy (non-hydrogen) atoms. The molecule has 70 valence electrons. The minimum atomic E-state index is -0.325. The van der Waals surface area contributed by atoms with Crippen LogP contribution in [0.1, 0.15) is 20.3 Å². The Morgan fingerprint density at radius 2 is 2.25 bits per heavy atom. The molecular formula is C7H15N3OS. The summed E-state index contributed by atoms with van der Waals surface area (Å²) in [4.78, 5) is 10.5. The number of nitrogens with one attached hydrogen (secondary N) is 2. The van der Waals surface area contributed by atoms with Gasteiger partial charge in [-0.15, -0.1) is 0 Å². The molecule has 0 aliphatic carbocycles. The average molecular weight is 189 g/mol. The van der Waals surface area contributed by atoms with Crippen molar-refractivity contribution in [3.8, 4) is 0 Å². The molecule has 0 aromatic heterocycles. The highest BCUT2D eigenvalue weighted by Gasteiger charge is 2.05. The van der Waals surface area contributed by atoms with Crippen LogP contribution in [-0.2, 0) is 4.79 Å². The molecule has 0 rings (SSSR count). The van der Waals surface area contributed by atoms with Gasteiger partial charge in [-0.2, -0.15) is 0 Å². The molecule has 0 spiro atoms. The minimum Gasteiger partial charge on any atom is -0.370 e. The van der Waals surface area contributed by atoms with Crippen LogP contribution >= 0.6 is 12.2 Å². The summed E-state index contributed by atoms with van der Waals surface area (Å²) in [5, 5.41) is 6.41. The zero-order valence-corrected chi connectivity index (χ0v) is 8.20. The van der Waals surface area contributed by atoms with E-state index in [1.807, 2.05) is 13.8 Å². The van der Waals surface area contributed by atoms with Crippen LogP contribution in [0.3, 0.4) is 0 Å². The fourth-order valence-corrected chi connectivity index (χ4v) is 1.13. The molecule has 1 unspecified atom stereocenters. The fraction of sp³-hybridized carbons (Fsp3) is 0.714. The van der Waals surface area contributed by atoms with Gasteiger partial charge in [-0.25, -0.2) is 0 Å². The van der Waals surface area contributed by atoms with Gasteiger partial charge in [-0.3, -0.25) is 4.79 Å². The Hall–Kier alpha value is -0.840. The van der Waals surface area contributed by atoms with E-state index in [9.17, 15) is 4.79 Å². The maximum absolute atomic E-state index is 10.5. The SMILES string of the molecule is CCNC(=S)NC(C)CC(N)=O. The normalized spacial score (nSPS) is 11.8. The lowest BCUT2D eigenvalue weighted by molar-refractivity contribution is -0.118. The highest BCUT2D eigenvalue weighted by molar-refractivity contribution is 7.80. The summed E-state index contributed by atoms with van der Waals surface area (Å²) in [5.41, 5.74) is 5.00. The van der Waals surface area contributed by atoms with Crippen molar-refractivity contribution in [2.45, 2.75) is 26.3 Å². The Labute approximate surface area is 77.9 Å². The first kappa shape index (κ1) is 11.2. The van der Waals surface area contributed by atoms with E-state index in [2.05, 4.69) is 10.6 Å². The molecule has 0 fully saturated rings. The van der Waals surface area contributed by atoms with E-state index in [4.69, 9.17) is 18.0 Å². The Morgan fingerprint density at radius 1 is 1.67 bits per heavy atom. The molecule has 0 aromatic carbocycles. The van der Waals surface area contributed by atoms with Gasteiger partial charge in [-0.1, -0.05) is 0 Å². The van der Waals surface area contributed by atoms with E-state index in [0.29, 0.717) is 11.5 Å². The van der Waals surface area contributed by atoms with Gasteiger partial charge in [-0.05, 0) is 26.1 Å². The van der Waals surface area contributed by atoms with Crippen LogP contribution in [-0.4, -0.2) is 23.6 Å². The number of hydrogen-bond donors (Lipinski definition) is 3. The predicted molar refractivity (Wildman–Crippen MR) is 52.7 cm³/mol. The molecule has 1 atom stereocenters. The van der Waals surface area contributed by atoms with E-state index >= 15 is 0 Å². The van der Waals surface area contributed by atoms with Crippen molar-refractivity contribution < 1.29 is 4.79 Å². The first-order chi connectivity index (χ1) is 5.56. The second-order valence-corrected chi connectivity index (χ2v) is 2.98. The molecule has 0 radical (unpaired) electrons. The van der Waals surface area contributed by atoms with Crippen LogP contribution in [0.25, 0.3) is 0 Å². The molecule has 0 bridgehead atoms. The van der Waals surface area contributed by atoms with Crippen molar-refractivity contribution in [3.63, 3.8) is 0 Å². The molecule has 5 heteroatoms. The highest BCUT2D eigenvalue weighted by Crippen LogP contribution is 1.87. The van der Waals surface area contributed by atoms with Crippen LogP contribution in [0.5, 0.6) is 0 Å². The summed E-state index contributed by atoms with van der Waals surface area (Å²) >= 11 is 4.91. The quantitative estimate of drug-likeness (QED) is 0.533. The van der Waals surface area contributed by atoms with E-state index < -0.39 is 0 Å². The number of carbonyl (C=O) groups is 1. The van der Waals surface area contributed by atoms with Gasteiger partial charge in [0.25, 0.3) is 0 Å². The average Bonchev–Trinajstić information content (AvgIpc) is 1.84. The number of hydrogen-bond acceptors (Lipinski definition) is 2. The van der Waals surface area contributed by atoms with Crippen molar-refractivity contribution in [2.75, 3.05) is 6.54 Å². The van der Waals surface area contributed by atoms with Crippen LogP contribution in [0.15, 0.2) is 0 Å². The van der Waals surface area contributed by atoms with Gasteiger partial charge in [0.2, 0.25) is 5.91 Å². The fourth-order valence-electron chi connectivity index (χ4n) is 0.788. The van der Waals surface area contributed by atoms with Gasteiger partial charge in [0, 0.05) is 19.0 Å². The Morgan fingerprint density at radius 3 is 2.67 bits per heavy atom. The van der Waals surface area contributed by atoms with Crippen molar-refractivity contribution in [1.29, 1.82) is 0 Å². The molecule has 0 aliphatic heterocycles. The monoisotopic (exact) mass is 189 g/mol. The molecule has 0 heterocycles. The third-order valence-corrected chi connectivity index (χ3v) is 1.48. The van der Waals surface area contributed by atoms with E-state index in [-0.39, 0.29) is 11.9 Å². The lowest BCUT2D eigenvalue weighted by Crippen LogP contribution is -2.41. The lowest BCUT2D eigenvalue weighted by atomic mass is 10.2. The summed E-state index contributed by atoms with van der Waals surface area (Å²) in [6, 6.07) is -0.00551. The lowest BCUT2D eigenvalue weighted by Gasteiger charge is -2.14. The zero-order valence-electron chi connectivity index (χ0n) is 7.39. The molecule has 4 nitrogen and oxygen atoms in total. The van der Waals surface area contributed by atoms with Gasteiger partial charge >= 0.3 is 0 Å². The summed E-state index contributed by atoms with van der Waals surface area (Å²) in [7, 11) is 0. The molecular weight excluding hydrogens is 174 g/mol. The van der Waals surface area contributed by atoms with Crippen molar-refractivity contribution in [1.82, 2.24) is 10.6 Å². The third kappa shape index (κ3) is 5.91. The standard InChI is InChI=1S/C7H15N3OS/c1-3-9-7(12)10-5(2)4-6(8)11/h5H,3-4H2,1-2H3,(H2,8,11)(H2,9,10,12). The second kappa shape index (κ2) is 5.77. The molecule has 0 aromatic rings. The molecule has 0 saturated heterocycles. The Kier molecular flexibility index (Phi) is 5.36. The van der Waals surface area contributed by atoms with Crippen LogP contribution in [0.2, 0.25) is 0 Å². The molecule has 4 N–H and O–H groups in total. The van der Waals surface area contributed by atoms with Crippen LogP contribution in [0.4, 0.5) is 0 Å². The summed E-state index contributed by atoms with van der Waals surface area (Å²) in [6.45, 7) is 4.58. The first-order valence-corrected chi connectivity index (χ1v) is 4.29. The smallest absolute Gasteiger partial charge is 0.219 e. The summed E-state index contributed by atoms with van der Waals surface area (Å²) in [5.74, 6) is -0.325. The molecule has 0 aliphatic rings.